The summed E-state index contributed by atoms with van der Waals surface area (Å²) in [5, 5.41) is 0. The standard InChI is InChI=1S/C10H14O2/c1-9-3-4-10(2,7(11)5-9)8(12)6-9/h3-6H2,1-2H3. The van der Waals surface area contributed by atoms with Gasteiger partial charge in [0.05, 0.1) is 5.41 Å². The van der Waals surface area contributed by atoms with Gasteiger partial charge in [-0.15, -0.1) is 0 Å². The summed E-state index contributed by atoms with van der Waals surface area (Å²) in [5.41, 5.74) is -0.594. The van der Waals surface area contributed by atoms with Crippen molar-refractivity contribution < 1.29 is 9.59 Å². The summed E-state index contributed by atoms with van der Waals surface area (Å²) < 4.78 is 0. The third-order valence-electron chi connectivity index (χ3n) is 3.63. The predicted molar refractivity (Wildman–Crippen MR) is 44.7 cm³/mol. The van der Waals surface area contributed by atoms with Crippen LogP contribution in [-0.2, 0) is 9.59 Å². The lowest BCUT2D eigenvalue weighted by Crippen LogP contribution is -2.52. The number of carbonyl (C=O) groups excluding carboxylic acids is 2. The minimum absolute atomic E-state index is 0.00588. The smallest absolute Gasteiger partial charge is 0.146 e. The largest absolute Gasteiger partial charge is 0.299 e. The fourth-order valence-electron chi connectivity index (χ4n) is 2.39. The van der Waals surface area contributed by atoms with Gasteiger partial charge in [0, 0.05) is 12.8 Å². The van der Waals surface area contributed by atoms with Crippen molar-refractivity contribution in [1.82, 2.24) is 0 Å². The minimum Gasteiger partial charge on any atom is -0.299 e. The molecule has 0 amide bonds. The Kier molecular flexibility index (Phi) is 1.31. The van der Waals surface area contributed by atoms with Crippen LogP contribution in [0.15, 0.2) is 0 Å². The molecule has 3 saturated carbocycles. The Balaban J connectivity index is 2.42. The molecule has 3 aliphatic rings. The van der Waals surface area contributed by atoms with Crippen LogP contribution in [0.5, 0.6) is 0 Å². The zero-order valence-electron chi connectivity index (χ0n) is 7.64. The number of hydrogen-bond donors (Lipinski definition) is 0. The lowest BCUT2D eigenvalue weighted by molar-refractivity contribution is -0.154. The highest BCUT2D eigenvalue weighted by atomic mass is 16.2. The second kappa shape index (κ2) is 1.98. The van der Waals surface area contributed by atoms with Crippen LogP contribution in [0.1, 0.15) is 39.5 Å². The molecule has 0 saturated heterocycles. The molecule has 66 valence electrons. The molecule has 0 aromatic heterocycles. The number of ketones is 2. The van der Waals surface area contributed by atoms with Crippen molar-refractivity contribution in [1.29, 1.82) is 0 Å². The molecule has 12 heavy (non-hydrogen) atoms. The maximum Gasteiger partial charge on any atom is 0.146 e. The van der Waals surface area contributed by atoms with Gasteiger partial charge in [0.15, 0.2) is 0 Å². The molecule has 2 nitrogen and oxygen atoms in total. The first-order valence-electron chi connectivity index (χ1n) is 4.53. The van der Waals surface area contributed by atoms with Crippen molar-refractivity contribution in [3.63, 3.8) is 0 Å². The summed E-state index contributed by atoms with van der Waals surface area (Å²) in [5.74, 6) is 0.347. The zero-order chi connectivity index (χ0) is 8.98. The van der Waals surface area contributed by atoms with Crippen LogP contribution in [0.3, 0.4) is 0 Å². The summed E-state index contributed by atoms with van der Waals surface area (Å²) >= 11 is 0. The van der Waals surface area contributed by atoms with E-state index in [4.69, 9.17) is 0 Å². The molecule has 0 aromatic carbocycles. The Morgan fingerprint density at radius 3 is 1.92 bits per heavy atom. The van der Waals surface area contributed by atoms with Gasteiger partial charge in [-0.2, -0.15) is 0 Å². The summed E-state index contributed by atoms with van der Waals surface area (Å²) in [6.45, 7) is 3.87. The molecule has 0 heterocycles. The van der Waals surface area contributed by atoms with E-state index in [-0.39, 0.29) is 17.0 Å². The van der Waals surface area contributed by atoms with Gasteiger partial charge in [0.25, 0.3) is 0 Å². The van der Waals surface area contributed by atoms with Gasteiger partial charge in [0.1, 0.15) is 11.6 Å². The van der Waals surface area contributed by atoms with Crippen LogP contribution in [0, 0.1) is 10.8 Å². The monoisotopic (exact) mass is 166 g/mol. The Morgan fingerprint density at radius 2 is 1.50 bits per heavy atom. The summed E-state index contributed by atoms with van der Waals surface area (Å²) in [4.78, 5) is 23.1. The molecule has 0 radical (unpaired) electrons. The van der Waals surface area contributed by atoms with Crippen molar-refractivity contribution in [3.8, 4) is 0 Å². The average molecular weight is 166 g/mol. The van der Waals surface area contributed by atoms with Crippen molar-refractivity contribution in [3.05, 3.63) is 0 Å². The van der Waals surface area contributed by atoms with E-state index in [2.05, 4.69) is 6.92 Å². The van der Waals surface area contributed by atoms with Gasteiger partial charge < -0.3 is 0 Å². The van der Waals surface area contributed by atoms with E-state index >= 15 is 0 Å². The topological polar surface area (TPSA) is 34.1 Å². The highest BCUT2D eigenvalue weighted by Crippen LogP contribution is 2.52. The molecule has 3 fully saturated rings. The molecule has 0 atom stereocenters. The summed E-state index contributed by atoms with van der Waals surface area (Å²) in [7, 11) is 0. The van der Waals surface area contributed by atoms with Gasteiger partial charge >= 0.3 is 0 Å². The molecule has 3 rings (SSSR count). The molecule has 0 unspecified atom stereocenters. The van der Waals surface area contributed by atoms with Crippen LogP contribution >= 0.6 is 0 Å². The maximum absolute atomic E-state index is 11.6. The minimum atomic E-state index is -0.599. The number of hydrogen-bond acceptors (Lipinski definition) is 2. The van der Waals surface area contributed by atoms with Crippen molar-refractivity contribution in [2.24, 2.45) is 10.8 Å². The second-order valence-electron chi connectivity index (χ2n) is 4.84. The van der Waals surface area contributed by atoms with Gasteiger partial charge in [0.2, 0.25) is 0 Å². The first-order chi connectivity index (χ1) is 5.46. The molecule has 3 aliphatic carbocycles. The number of fused-ring (bicyclic) bond motifs is 3. The lowest BCUT2D eigenvalue weighted by atomic mass is 9.54. The third-order valence-corrected chi connectivity index (χ3v) is 3.63. The molecule has 0 spiro atoms. The lowest BCUT2D eigenvalue weighted by Gasteiger charge is -2.47. The van der Waals surface area contributed by atoms with Gasteiger partial charge in [-0.1, -0.05) is 6.92 Å². The second-order valence-corrected chi connectivity index (χ2v) is 4.84. The molecule has 0 N–H and O–H groups in total. The van der Waals surface area contributed by atoms with Crippen LogP contribution in [-0.4, -0.2) is 11.6 Å². The highest BCUT2D eigenvalue weighted by molar-refractivity contribution is 6.10. The third kappa shape index (κ3) is 0.809. The van der Waals surface area contributed by atoms with E-state index in [1.165, 1.54) is 0 Å². The predicted octanol–water partition coefficient (Wildman–Crippen LogP) is 1.72. The number of rotatable bonds is 0. The highest BCUT2D eigenvalue weighted by Gasteiger charge is 2.54. The summed E-state index contributed by atoms with van der Waals surface area (Å²) in [6.07, 6.45) is 3.06. The van der Waals surface area contributed by atoms with Gasteiger partial charge in [-0.25, -0.2) is 0 Å². The van der Waals surface area contributed by atoms with Crippen LogP contribution < -0.4 is 0 Å². The maximum atomic E-state index is 11.6. The Hall–Kier alpha value is -0.660. The first kappa shape index (κ1) is 7.96. The van der Waals surface area contributed by atoms with Crippen LogP contribution in [0.4, 0.5) is 0 Å². The van der Waals surface area contributed by atoms with E-state index < -0.39 is 5.41 Å². The number of Topliss-reactive ketones (excluding diaryl/α,β-unsaturated/α-hetero) is 2. The Bertz CT molecular complexity index is 247. The normalized spacial score (nSPS) is 46.8. The fourth-order valence-corrected chi connectivity index (χ4v) is 2.39. The van der Waals surface area contributed by atoms with Crippen molar-refractivity contribution >= 4 is 11.6 Å². The average Bonchev–Trinajstić information content (AvgIpc) is 1.95. The van der Waals surface area contributed by atoms with E-state index in [0.29, 0.717) is 12.8 Å². The molecule has 0 aromatic rings. The summed E-state index contributed by atoms with van der Waals surface area (Å²) in [6, 6.07) is 0. The van der Waals surface area contributed by atoms with E-state index in [1.807, 2.05) is 6.92 Å². The van der Waals surface area contributed by atoms with Crippen LogP contribution in [0.2, 0.25) is 0 Å². The molecular formula is C10H14O2. The quantitative estimate of drug-likeness (QED) is 0.513. The van der Waals surface area contributed by atoms with Crippen molar-refractivity contribution in [2.75, 3.05) is 0 Å². The van der Waals surface area contributed by atoms with E-state index in [9.17, 15) is 9.59 Å². The van der Waals surface area contributed by atoms with E-state index in [0.717, 1.165) is 12.8 Å². The zero-order valence-corrected chi connectivity index (χ0v) is 7.64. The Morgan fingerprint density at radius 1 is 1.00 bits per heavy atom. The Labute approximate surface area is 72.3 Å². The molecular weight excluding hydrogens is 152 g/mol. The molecule has 2 bridgehead atoms. The van der Waals surface area contributed by atoms with E-state index in [1.54, 1.807) is 0 Å². The van der Waals surface area contributed by atoms with Crippen molar-refractivity contribution in [2.45, 2.75) is 39.5 Å². The number of carbonyl (C=O) groups is 2. The molecule has 2 heteroatoms. The molecule has 0 aliphatic heterocycles. The first-order valence-corrected chi connectivity index (χ1v) is 4.53. The van der Waals surface area contributed by atoms with Crippen LogP contribution in [0.25, 0.3) is 0 Å². The van der Waals surface area contributed by atoms with Gasteiger partial charge in [-0.3, -0.25) is 9.59 Å². The van der Waals surface area contributed by atoms with Gasteiger partial charge in [-0.05, 0) is 25.2 Å². The fraction of sp³-hybridized carbons (Fsp3) is 0.800. The SMILES string of the molecule is CC12CCC(C)(C(=O)C1)C(=O)C2.